The predicted octanol–water partition coefficient (Wildman–Crippen LogP) is 7.88. The maximum atomic E-state index is 2.61. The van der Waals surface area contributed by atoms with Crippen LogP contribution >= 0.6 is 8.29 Å². The normalized spacial score (nSPS) is 15.4. The van der Waals surface area contributed by atoms with Crippen molar-refractivity contribution < 1.29 is 0 Å². The fraction of sp³-hybridized carbons (Fsp3) is 1.00. The minimum atomic E-state index is -1.93. The van der Waals surface area contributed by atoms with Crippen molar-refractivity contribution in [3.63, 3.8) is 0 Å². The van der Waals surface area contributed by atoms with Gasteiger partial charge in [-0.1, -0.05) is 73.6 Å². The van der Waals surface area contributed by atoms with Gasteiger partial charge in [0, 0.05) is 0 Å². The highest BCUT2D eigenvalue weighted by atomic mass is 32.4. The second-order valence-corrected chi connectivity index (χ2v) is 17.4. The molecule has 0 saturated heterocycles. The molecule has 0 atom stereocenters. The van der Waals surface area contributed by atoms with Crippen LogP contribution in [0, 0.1) is 0 Å². The van der Waals surface area contributed by atoms with Crippen molar-refractivity contribution in [1.29, 1.82) is 0 Å². The van der Waals surface area contributed by atoms with Gasteiger partial charge in [0.15, 0.2) is 0 Å². The van der Waals surface area contributed by atoms with Crippen LogP contribution in [0.25, 0.3) is 0 Å². The highest BCUT2D eigenvalue weighted by molar-refractivity contribution is 8.64. The zero-order valence-electron chi connectivity index (χ0n) is 17.7. The van der Waals surface area contributed by atoms with Gasteiger partial charge in [-0.3, -0.25) is 8.29 Å². The van der Waals surface area contributed by atoms with E-state index in [-0.39, 0.29) is 0 Å². The van der Waals surface area contributed by atoms with E-state index < -0.39 is 8.29 Å². The molecule has 0 heterocycles. The highest BCUT2D eigenvalue weighted by Crippen LogP contribution is 2.90. The molecule has 0 aliphatic heterocycles. The van der Waals surface area contributed by atoms with Crippen LogP contribution in [0.15, 0.2) is 0 Å². The molecular formula is C22H50S. The first-order chi connectivity index (χ1) is 11.0. The molecule has 23 heavy (non-hydrogen) atoms. The summed E-state index contributed by atoms with van der Waals surface area (Å²) >= 11 is 0. The lowest BCUT2D eigenvalue weighted by atomic mass is 10.4. The second kappa shape index (κ2) is 10.4. The van der Waals surface area contributed by atoms with Crippen LogP contribution in [0.5, 0.6) is 0 Å². The lowest BCUT2D eigenvalue weighted by Gasteiger charge is -2.81. The topological polar surface area (TPSA) is 0 Å². The molecule has 0 fully saturated rings. The number of hydrogen-bond acceptors (Lipinski definition) is 0. The van der Waals surface area contributed by atoms with Crippen LogP contribution in [-0.4, -0.2) is 34.5 Å². The molecule has 0 aromatic heterocycles. The molecular weight excluding hydrogens is 296 g/mol. The molecule has 0 bridgehead atoms. The summed E-state index contributed by atoms with van der Waals surface area (Å²) < 4.78 is 0. The van der Waals surface area contributed by atoms with E-state index in [2.05, 4.69) is 41.5 Å². The molecule has 0 saturated carbocycles. The quantitative estimate of drug-likeness (QED) is 0.266. The molecule has 0 radical (unpaired) electrons. The van der Waals surface area contributed by atoms with Gasteiger partial charge < -0.3 is 0 Å². The van der Waals surface area contributed by atoms with Crippen molar-refractivity contribution in [2.24, 2.45) is 0 Å². The molecule has 0 spiro atoms. The van der Waals surface area contributed by atoms with Gasteiger partial charge in [-0.05, 0) is 66.6 Å². The summed E-state index contributed by atoms with van der Waals surface area (Å²) in [6.45, 7) is 14.6. The summed E-state index contributed by atoms with van der Waals surface area (Å²) in [4.78, 5) is 0. The molecule has 0 aliphatic rings. The second-order valence-electron chi connectivity index (χ2n) is 8.64. The van der Waals surface area contributed by atoms with E-state index in [9.17, 15) is 0 Å². The number of hydrogen-bond donors (Lipinski definition) is 0. The maximum absolute atomic E-state index is 2.61. The van der Waals surface area contributed by atoms with Crippen LogP contribution < -0.4 is 0 Å². The minimum absolute atomic E-state index is 1.39. The summed E-state index contributed by atoms with van der Waals surface area (Å²) in [5.74, 6) is 9.55. The van der Waals surface area contributed by atoms with Crippen molar-refractivity contribution >= 4 is 8.29 Å². The Labute approximate surface area is 148 Å². The number of rotatable bonds is 16. The molecule has 0 unspecified atom stereocenters. The zero-order chi connectivity index (χ0) is 17.7. The largest absolute Gasteiger partial charge is 0.274 e. The Morgan fingerprint density at radius 2 is 0.609 bits per heavy atom. The van der Waals surface area contributed by atoms with E-state index in [1.165, 1.54) is 70.0 Å². The van der Waals surface area contributed by atoms with Crippen molar-refractivity contribution in [2.45, 2.75) is 106 Å². The van der Waals surface area contributed by atoms with Gasteiger partial charge >= 0.3 is 0 Å². The summed E-state index contributed by atoms with van der Waals surface area (Å²) in [6, 6.07) is 0. The third-order valence-electron chi connectivity index (χ3n) is 7.12. The Morgan fingerprint density at radius 3 is 0.739 bits per heavy atom. The van der Waals surface area contributed by atoms with E-state index >= 15 is 0 Å². The molecule has 1 heteroatoms. The fourth-order valence-electron chi connectivity index (χ4n) is 5.02. The standard InChI is InChI=1S/C22H50S/c1-7-13-18-23(12-6,19-14-8-2,20-15-9-3,21-16-10-4)22-17-11-5/h7-22H2,1-6H3. The van der Waals surface area contributed by atoms with Crippen molar-refractivity contribution in [3.05, 3.63) is 0 Å². The molecule has 0 aliphatic carbocycles. The summed E-state index contributed by atoms with van der Waals surface area (Å²) in [7, 11) is -1.93. The Hall–Kier alpha value is 0.350. The van der Waals surface area contributed by atoms with E-state index in [0.29, 0.717) is 0 Å². The maximum Gasteiger partial charge on any atom is -0.0336 e. The van der Waals surface area contributed by atoms with Gasteiger partial charge in [-0.15, -0.1) is 0 Å². The lowest BCUT2D eigenvalue weighted by molar-refractivity contribution is 0.774. The third kappa shape index (κ3) is 5.68. The Balaban J connectivity index is 6.04. The Morgan fingerprint density at radius 1 is 0.391 bits per heavy atom. The van der Waals surface area contributed by atoms with Crippen LogP contribution in [0.3, 0.4) is 0 Å². The van der Waals surface area contributed by atoms with Gasteiger partial charge in [0.05, 0.1) is 0 Å². The predicted molar refractivity (Wildman–Crippen MR) is 117 cm³/mol. The van der Waals surface area contributed by atoms with E-state index in [4.69, 9.17) is 0 Å². The van der Waals surface area contributed by atoms with Gasteiger partial charge in [0.1, 0.15) is 0 Å². The molecule has 144 valence electrons. The minimum Gasteiger partial charge on any atom is -0.274 e. The first kappa shape index (κ1) is 23.4. The highest BCUT2D eigenvalue weighted by Gasteiger charge is 2.56. The van der Waals surface area contributed by atoms with Crippen molar-refractivity contribution in [3.8, 4) is 0 Å². The van der Waals surface area contributed by atoms with E-state index in [1.54, 1.807) is 28.8 Å². The molecule has 0 amide bonds. The molecule has 0 nitrogen and oxygen atoms in total. The summed E-state index contributed by atoms with van der Waals surface area (Å²) in [5, 5.41) is 0. The van der Waals surface area contributed by atoms with E-state index in [0.717, 1.165) is 0 Å². The van der Waals surface area contributed by atoms with Crippen molar-refractivity contribution in [2.75, 3.05) is 34.5 Å². The van der Waals surface area contributed by atoms with Crippen LogP contribution in [0.1, 0.15) is 106 Å². The average molecular weight is 347 g/mol. The van der Waals surface area contributed by atoms with Crippen LogP contribution in [-0.2, 0) is 0 Å². The molecule has 0 aromatic carbocycles. The fourth-order valence-corrected chi connectivity index (χ4v) is 15.0. The molecule has 0 aromatic rings. The average Bonchev–Trinajstić information content (AvgIpc) is 2.61. The van der Waals surface area contributed by atoms with Gasteiger partial charge in [-0.25, -0.2) is 0 Å². The first-order valence-corrected chi connectivity index (χ1v) is 14.4. The Bertz CT molecular complexity index is 233. The SMILES string of the molecule is CCCCS(CC)(CCCC)(CCCC)(CCCC)CCCC. The third-order valence-corrected chi connectivity index (χ3v) is 17.8. The molecule has 0 rings (SSSR count). The van der Waals surface area contributed by atoms with Gasteiger partial charge in [0.25, 0.3) is 0 Å². The number of unbranched alkanes of at least 4 members (excludes halogenated alkanes) is 5. The van der Waals surface area contributed by atoms with Crippen LogP contribution in [0.4, 0.5) is 0 Å². The Kier molecular flexibility index (Phi) is 10.5. The van der Waals surface area contributed by atoms with Gasteiger partial charge in [0.2, 0.25) is 0 Å². The van der Waals surface area contributed by atoms with E-state index in [1.807, 2.05) is 0 Å². The summed E-state index contributed by atoms with van der Waals surface area (Å²) in [6.07, 6.45) is 14.3. The zero-order valence-corrected chi connectivity index (χ0v) is 18.5. The van der Waals surface area contributed by atoms with Crippen molar-refractivity contribution in [1.82, 2.24) is 0 Å². The summed E-state index contributed by atoms with van der Waals surface area (Å²) in [5.41, 5.74) is 0. The first-order valence-electron chi connectivity index (χ1n) is 11.0. The van der Waals surface area contributed by atoms with Crippen LogP contribution in [0.2, 0.25) is 0 Å². The smallest absolute Gasteiger partial charge is 0.0336 e. The van der Waals surface area contributed by atoms with Gasteiger partial charge in [-0.2, -0.15) is 0 Å². The monoisotopic (exact) mass is 346 g/mol. The lowest BCUT2D eigenvalue weighted by Crippen LogP contribution is -2.53. The molecule has 0 N–H and O–H groups in total.